The molecule has 3 fully saturated rings. The van der Waals surface area contributed by atoms with Gasteiger partial charge in [0.1, 0.15) is 0 Å². The van der Waals surface area contributed by atoms with Gasteiger partial charge in [0, 0.05) is 31.9 Å². The zero-order valence-electron chi connectivity index (χ0n) is 16.8. The number of sulfonamides is 1. The Bertz CT molecular complexity index is 863. The van der Waals surface area contributed by atoms with Gasteiger partial charge >= 0.3 is 12.1 Å². The van der Waals surface area contributed by atoms with Gasteiger partial charge in [0.15, 0.2) is 0 Å². The van der Waals surface area contributed by atoms with E-state index in [-0.39, 0.29) is 17.0 Å². The summed E-state index contributed by atoms with van der Waals surface area (Å²) in [7, 11) is -3.12. The highest BCUT2D eigenvalue weighted by atomic mass is 32.2. The molecule has 2 aliphatic heterocycles. The van der Waals surface area contributed by atoms with Crippen molar-refractivity contribution in [2.45, 2.75) is 61.8 Å². The molecule has 12 heteroatoms. The second kappa shape index (κ2) is 9.39. The molecule has 3 heterocycles. The number of aromatic nitrogens is 1. The molecule has 31 heavy (non-hydrogen) atoms. The average molecular weight is 466 g/mol. The molecule has 0 unspecified atom stereocenters. The van der Waals surface area contributed by atoms with Crippen molar-refractivity contribution >= 4 is 16.0 Å². The van der Waals surface area contributed by atoms with E-state index >= 15 is 0 Å². The maximum Gasteiger partial charge on any atom is 0.490 e. The summed E-state index contributed by atoms with van der Waals surface area (Å²) in [5, 5.41) is 6.98. The summed E-state index contributed by atoms with van der Waals surface area (Å²) in [5.41, 5.74) is 0.680. The largest absolute Gasteiger partial charge is 0.490 e. The van der Waals surface area contributed by atoms with Crippen molar-refractivity contribution in [1.29, 1.82) is 0 Å². The molecular formula is C19H25F3N2O6S. The first-order valence-corrected chi connectivity index (χ1v) is 11.5. The SMILES string of the molecule is O=C(O)C(F)(F)F.O=S(=O)(C1CC1)N1CCC[C@]2(C[C@H](OCc3cccnc3)CO2)C1. The van der Waals surface area contributed by atoms with Crippen molar-refractivity contribution in [2.24, 2.45) is 0 Å². The molecule has 8 nitrogen and oxygen atoms in total. The molecule has 3 aliphatic rings. The molecule has 1 N–H and O–H groups in total. The highest BCUT2D eigenvalue weighted by Gasteiger charge is 2.49. The number of nitrogens with zero attached hydrogens (tertiary/aromatic N) is 2. The van der Waals surface area contributed by atoms with Crippen LogP contribution in [0.3, 0.4) is 0 Å². The quantitative estimate of drug-likeness (QED) is 0.710. The van der Waals surface area contributed by atoms with Crippen molar-refractivity contribution in [3.05, 3.63) is 30.1 Å². The predicted octanol–water partition coefficient (Wildman–Crippen LogP) is 2.35. The summed E-state index contributed by atoms with van der Waals surface area (Å²) in [4.78, 5) is 13.0. The number of carboxylic acid groups (broad SMARTS) is 1. The van der Waals surface area contributed by atoms with Gasteiger partial charge in [0.25, 0.3) is 0 Å². The monoisotopic (exact) mass is 466 g/mol. The molecule has 0 bridgehead atoms. The Morgan fingerprint density at radius 2 is 2.10 bits per heavy atom. The number of carboxylic acids is 1. The lowest BCUT2D eigenvalue weighted by atomic mass is 9.90. The topological polar surface area (TPSA) is 106 Å². The minimum atomic E-state index is -5.08. The van der Waals surface area contributed by atoms with Gasteiger partial charge in [-0.25, -0.2) is 13.2 Å². The van der Waals surface area contributed by atoms with Gasteiger partial charge in [-0.05, 0) is 37.3 Å². The molecule has 2 saturated heterocycles. The van der Waals surface area contributed by atoms with Gasteiger partial charge in [-0.1, -0.05) is 6.07 Å². The van der Waals surface area contributed by atoms with Crippen LogP contribution in [0.1, 0.15) is 37.7 Å². The molecule has 0 aromatic carbocycles. The highest BCUT2D eigenvalue weighted by Crippen LogP contribution is 2.39. The van der Waals surface area contributed by atoms with Crippen molar-refractivity contribution < 1.29 is 41.0 Å². The first-order chi connectivity index (χ1) is 14.5. The second-order valence-electron chi connectivity index (χ2n) is 7.98. The number of piperidine rings is 1. The van der Waals surface area contributed by atoms with E-state index in [0.717, 1.165) is 37.7 Å². The Hall–Kier alpha value is -1.76. The van der Waals surface area contributed by atoms with Crippen LogP contribution >= 0.6 is 0 Å². The van der Waals surface area contributed by atoms with E-state index in [2.05, 4.69) is 4.98 Å². The molecule has 0 amide bonds. The lowest BCUT2D eigenvalue weighted by Gasteiger charge is -2.39. The predicted molar refractivity (Wildman–Crippen MR) is 103 cm³/mol. The lowest BCUT2D eigenvalue weighted by Crippen LogP contribution is -2.51. The highest BCUT2D eigenvalue weighted by molar-refractivity contribution is 7.90. The maximum atomic E-state index is 12.5. The second-order valence-corrected chi connectivity index (χ2v) is 10.2. The van der Waals surface area contributed by atoms with E-state index in [1.807, 2.05) is 12.1 Å². The van der Waals surface area contributed by atoms with E-state index in [9.17, 15) is 21.6 Å². The van der Waals surface area contributed by atoms with Gasteiger partial charge in [-0.2, -0.15) is 17.5 Å². The molecule has 1 aliphatic carbocycles. The van der Waals surface area contributed by atoms with Crippen LogP contribution in [-0.4, -0.2) is 71.6 Å². The summed E-state index contributed by atoms with van der Waals surface area (Å²) < 4.78 is 70.5. The molecule has 2 atom stereocenters. The van der Waals surface area contributed by atoms with Crippen LogP contribution in [0.5, 0.6) is 0 Å². The third kappa shape index (κ3) is 6.37. The molecule has 1 aromatic heterocycles. The van der Waals surface area contributed by atoms with Crippen molar-refractivity contribution in [3.8, 4) is 0 Å². The number of aliphatic carboxylic acids is 1. The van der Waals surface area contributed by atoms with Crippen LogP contribution < -0.4 is 0 Å². The molecule has 174 valence electrons. The number of halogens is 3. The van der Waals surface area contributed by atoms with Crippen molar-refractivity contribution in [1.82, 2.24) is 9.29 Å². The Morgan fingerprint density at radius 3 is 2.68 bits per heavy atom. The number of pyridine rings is 1. The van der Waals surface area contributed by atoms with Gasteiger partial charge in [0.05, 0.1) is 30.2 Å². The summed E-state index contributed by atoms with van der Waals surface area (Å²) in [6, 6.07) is 3.89. The fraction of sp³-hybridized carbons (Fsp3) is 0.684. The van der Waals surface area contributed by atoms with Gasteiger partial charge in [-0.15, -0.1) is 0 Å². The number of carbonyl (C=O) groups is 1. The zero-order chi connectivity index (χ0) is 22.7. The number of rotatable bonds is 5. The number of hydrogen-bond acceptors (Lipinski definition) is 6. The van der Waals surface area contributed by atoms with Crippen molar-refractivity contribution in [2.75, 3.05) is 19.7 Å². The van der Waals surface area contributed by atoms with E-state index in [0.29, 0.717) is 26.3 Å². The molecule has 4 rings (SSSR count). The summed E-state index contributed by atoms with van der Waals surface area (Å²) >= 11 is 0. The van der Waals surface area contributed by atoms with Crippen LogP contribution in [0.4, 0.5) is 13.2 Å². The Morgan fingerprint density at radius 1 is 1.39 bits per heavy atom. The third-order valence-corrected chi connectivity index (χ3v) is 7.78. The average Bonchev–Trinajstić information content (AvgIpc) is 3.51. The standard InChI is InChI=1S/C17H24N2O4S.C2HF3O2/c20-24(21,16-4-5-16)19-8-2-6-17(13-19)9-15(12-23-17)22-11-14-3-1-7-18-10-14;3-2(4,5)1(6)7/h1,3,7,10,15-16H,2,4-6,8-9,11-13H2;(H,6,7)/t15-,17-;/m0./s1. The smallest absolute Gasteiger partial charge is 0.475 e. The normalized spacial score (nSPS) is 27.0. The van der Waals surface area contributed by atoms with Crippen LogP contribution in [0.15, 0.2) is 24.5 Å². The zero-order valence-corrected chi connectivity index (χ0v) is 17.6. The third-order valence-electron chi connectivity index (χ3n) is 5.44. The number of ether oxygens (including phenoxy) is 2. The van der Waals surface area contributed by atoms with Gasteiger partial charge in [0.2, 0.25) is 10.0 Å². The summed E-state index contributed by atoms with van der Waals surface area (Å²) in [5.74, 6) is -2.76. The van der Waals surface area contributed by atoms with Gasteiger partial charge < -0.3 is 14.6 Å². The molecule has 0 radical (unpaired) electrons. The molecular weight excluding hydrogens is 441 g/mol. The molecule has 1 saturated carbocycles. The van der Waals surface area contributed by atoms with Crippen LogP contribution in [-0.2, 0) is 30.9 Å². The fourth-order valence-corrected chi connectivity index (χ4v) is 5.69. The Balaban J connectivity index is 0.000000339. The van der Waals surface area contributed by atoms with Crippen LogP contribution in [0.2, 0.25) is 0 Å². The summed E-state index contributed by atoms with van der Waals surface area (Å²) in [6.07, 6.45) is 2.65. The number of hydrogen-bond donors (Lipinski definition) is 1. The number of alkyl halides is 3. The van der Waals surface area contributed by atoms with Crippen LogP contribution in [0.25, 0.3) is 0 Å². The van der Waals surface area contributed by atoms with E-state index in [1.54, 1.807) is 16.7 Å². The van der Waals surface area contributed by atoms with Crippen molar-refractivity contribution in [3.63, 3.8) is 0 Å². The minimum absolute atomic E-state index is 0.0220. The summed E-state index contributed by atoms with van der Waals surface area (Å²) in [6.45, 7) is 2.17. The van der Waals surface area contributed by atoms with E-state index < -0.39 is 22.2 Å². The van der Waals surface area contributed by atoms with E-state index in [1.165, 1.54) is 0 Å². The first kappa shape index (κ1) is 23.9. The van der Waals surface area contributed by atoms with Gasteiger partial charge in [-0.3, -0.25) is 4.98 Å². The first-order valence-electron chi connectivity index (χ1n) is 9.95. The minimum Gasteiger partial charge on any atom is -0.475 e. The molecule has 1 aromatic rings. The maximum absolute atomic E-state index is 12.5. The Kier molecular flexibility index (Phi) is 7.24. The fourth-order valence-electron chi connectivity index (χ4n) is 3.74. The van der Waals surface area contributed by atoms with Crippen LogP contribution in [0, 0.1) is 0 Å². The lowest BCUT2D eigenvalue weighted by molar-refractivity contribution is -0.192. The van der Waals surface area contributed by atoms with E-state index in [4.69, 9.17) is 19.4 Å². The Labute approximate surface area is 178 Å². The molecule has 1 spiro atoms.